The Morgan fingerprint density at radius 3 is 2.47 bits per heavy atom. The maximum absolute atomic E-state index is 13.7. The Morgan fingerprint density at radius 2 is 1.79 bits per heavy atom. The second-order valence-corrected chi connectivity index (χ2v) is 8.83. The molecule has 6 nitrogen and oxygen atoms in total. The van der Waals surface area contributed by atoms with Gasteiger partial charge in [-0.2, -0.15) is 0 Å². The third-order valence-corrected chi connectivity index (χ3v) is 6.21. The van der Waals surface area contributed by atoms with E-state index in [1.54, 1.807) is 46.8 Å². The lowest BCUT2D eigenvalue weighted by atomic mass is 10.1. The number of nitrogens with zero attached hydrogens (tertiary/aromatic N) is 3. The van der Waals surface area contributed by atoms with Crippen LogP contribution in [0.2, 0.25) is 5.02 Å². The molecule has 0 fully saturated rings. The number of urea groups is 1. The molecule has 4 aromatic rings. The van der Waals surface area contributed by atoms with E-state index in [0.717, 1.165) is 16.8 Å². The van der Waals surface area contributed by atoms with Crippen LogP contribution in [-0.4, -0.2) is 27.5 Å². The molecule has 3 aromatic carbocycles. The first kappa shape index (κ1) is 23.5. The van der Waals surface area contributed by atoms with Crippen LogP contribution in [0.1, 0.15) is 36.3 Å². The summed E-state index contributed by atoms with van der Waals surface area (Å²) in [4.78, 5) is 33.3. The van der Waals surface area contributed by atoms with Gasteiger partial charge in [-0.3, -0.25) is 9.36 Å². The Labute approximate surface area is 203 Å². The Hall–Kier alpha value is -3.64. The molecule has 4 rings (SSSR count). The fraction of sp³-hybridized carbons (Fsp3) is 0.222. The first-order chi connectivity index (χ1) is 16.3. The second-order valence-electron chi connectivity index (χ2n) is 8.39. The lowest BCUT2D eigenvalue weighted by Crippen LogP contribution is -2.38. The molecule has 0 saturated heterocycles. The van der Waals surface area contributed by atoms with Gasteiger partial charge in [-0.1, -0.05) is 48.4 Å². The van der Waals surface area contributed by atoms with E-state index in [1.807, 2.05) is 57.2 Å². The van der Waals surface area contributed by atoms with E-state index < -0.39 is 6.04 Å². The van der Waals surface area contributed by atoms with Gasteiger partial charge in [0.25, 0.3) is 5.56 Å². The molecule has 0 aliphatic carbocycles. The molecule has 1 atom stereocenters. The molecule has 0 aliphatic rings. The standard InChI is InChI=1S/C27H27ClN4O2/c1-5-23(31(4)27(34)29-20-13-11-19(28)12-14-20)25-30-22-9-7-6-8-21(22)26(33)32(25)24-15-10-17(2)16-18(24)3/h6-16,23H,5H2,1-4H3,(H,29,34). The number of rotatable bonds is 5. The number of fused-ring (bicyclic) bond motifs is 1. The van der Waals surface area contributed by atoms with E-state index >= 15 is 0 Å². The average molecular weight is 475 g/mol. The number of para-hydroxylation sites is 1. The van der Waals surface area contributed by atoms with Crippen molar-refractivity contribution < 1.29 is 4.79 Å². The number of hydrogen-bond donors (Lipinski definition) is 1. The zero-order chi connectivity index (χ0) is 24.4. The van der Waals surface area contributed by atoms with E-state index in [4.69, 9.17) is 16.6 Å². The van der Waals surface area contributed by atoms with E-state index in [2.05, 4.69) is 5.32 Å². The quantitative estimate of drug-likeness (QED) is 0.370. The normalized spacial score (nSPS) is 11.9. The van der Waals surface area contributed by atoms with Gasteiger partial charge in [0.15, 0.2) is 0 Å². The van der Waals surface area contributed by atoms with Crippen LogP contribution in [0.25, 0.3) is 16.6 Å². The van der Waals surface area contributed by atoms with E-state index in [9.17, 15) is 9.59 Å². The third-order valence-electron chi connectivity index (χ3n) is 5.96. The smallest absolute Gasteiger partial charge is 0.317 e. The number of benzene rings is 3. The largest absolute Gasteiger partial charge is 0.322 e. The monoisotopic (exact) mass is 474 g/mol. The summed E-state index contributed by atoms with van der Waals surface area (Å²) >= 11 is 5.96. The molecule has 0 bridgehead atoms. The SMILES string of the molecule is CCC(c1nc2ccccc2c(=O)n1-c1ccc(C)cc1C)N(C)C(=O)Nc1ccc(Cl)cc1. The first-order valence-corrected chi connectivity index (χ1v) is 11.6. The predicted molar refractivity (Wildman–Crippen MR) is 138 cm³/mol. The number of carbonyl (C=O) groups is 1. The summed E-state index contributed by atoms with van der Waals surface area (Å²) in [5, 5.41) is 4.03. The summed E-state index contributed by atoms with van der Waals surface area (Å²) in [6.07, 6.45) is 0.570. The number of hydrogen-bond acceptors (Lipinski definition) is 3. The summed E-state index contributed by atoms with van der Waals surface area (Å²) in [5.41, 5.74) is 3.91. The Bertz CT molecular complexity index is 1410. The van der Waals surface area contributed by atoms with Crippen molar-refractivity contribution in [3.63, 3.8) is 0 Å². The number of nitrogens with one attached hydrogen (secondary N) is 1. The Morgan fingerprint density at radius 1 is 1.09 bits per heavy atom. The van der Waals surface area contributed by atoms with E-state index in [0.29, 0.717) is 33.9 Å². The number of aryl methyl sites for hydroxylation is 2. The van der Waals surface area contributed by atoms with Crippen LogP contribution in [0.4, 0.5) is 10.5 Å². The molecule has 2 amide bonds. The summed E-state index contributed by atoms with van der Waals surface area (Å²) < 4.78 is 1.65. The lowest BCUT2D eigenvalue weighted by Gasteiger charge is -2.29. The zero-order valence-electron chi connectivity index (χ0n) is 19.7. The fourth-order valence-electron chi connectivity index (χ4n) is 4.18. The second kappa shape index (κ2) is 9.69. The summed E-state index contributed by atoms with van der Waals surface area (Å²) in [6.45, 7) is 5.97. The van der Waals surface area contributed by atoms with Crippen LogP contribution in [0, 0.1) is 13.8 Å². The zero-order valence-corrected chi connectivity index (χ0v) is 20.4. The fourth-order valence-corrected chi connectivity index (χ4v) is 4.30. The van der Waals surface area contributed by atoms with Gasteiger partial charge in [-0.15, -0.1) is 0 Å². The lowest BCUT2D eigenvalue weighted by molar-refractivity contribution is 0.199. The van der Waals surface area contributed by atoms with Crippen LogP contribution in [0.5, 0.6) is 0 Å². The minimum Gasteiger partial charge on any atom is -0.317 e. The van der Waals surface area contributed by atoms with Gasteiger partial charge < -0.3 is 10.2 Å². The van der Waals surface area contributed by atoms with Gasteiger partial charge in [0, 0.05) is 17.8 Å². The molecule has 0 aliphatic heterocycles. The van der Waals surface area contributed by atoms with Crippen molar-refractivity contribution in [1.29, 1.82) is 0 Å². The minimum absolute atomic E-state index is 0.155. The molecule has 34 heavy (non-hydrogen) atoms. The molecule has 1 N–H and O–H groups in total. The number of amides is 2. The van der Waals surface area contributed by atoms with Crippen molar-refractivity contribution in [2.24, 2.45) is 0 Å². The Kier molecular flexibility index (Phi) is 6.70. The molecule has 1 aromatic heterocycles. The van der Waals surface area contributed by atoms with Crippen LogP contribution < -0.4 is 10.9 Å². The molecule has 174 valence electrons. The van der Waals surface area contributed by atoms with Gasteiger partial charge in [-0.25, -0.2) is 9.78 Å². The van der Waals surface area contributed by atoms with Gasteiger partial charge in [0.05, 0.1) is 22.6 Å². The van der Waals surface area contributed by atoms with Crippen molar-refractivity contribution in [3.8, 4) is 5.69 Å². The summed E-state index contributed by atoms with van der Waals surface area (Å²) in [6, 6.07) is 19.4. The van der Waals surface area contributed by atoms with Crippen LogP contribution in [0.3, 0.4) is 0 Å². The summed E-state index contributed by atoms with van der Waals surface area (Å²) in [5.74, 6) is 0.520. The average Bonchev–Trinajstić information content (AvgIpc) is 2.82. The van der Waals surface area contributed by atoms with Crippen molar-refractivity contribution in [1.82, 2.24) is 14.5 Å². The first-order valence-electron chi connectivity index (χ1n) is 11.2. The predicted octanol–water partition coefficient (Wildman–Crippen LogP) is 6.27. The highest BCUT2D eigenvalue weighted by Gasteiger charge is 2.27. The number of aromatic nitrogens is 2. The van der Waals surface area contributed by atoms with Gasteiger partial charge in [0.2, 0.25) is 0 Å². The van der Waals surface area contributed by atoms with Crippen LogP contribution >= 0.6 is 11.6 Å². The van der Waals surface area contributed by atoms with Gasteiger partial charge in [0.1, 0.15) is 5.82 Å². The van der Waals surface area contributed by atoms with E-state index in [1.165, 1.54) is 0 Å². The molecule has 1 unspecified atom stereocenters. The molecule has 1 heterocycles. The molecular formula is C27H27ClN4O2. The Balaban J connectivity index is 1.84. The molecular weight excluding hydrogens is 448 g/mol. The van der Waals surface area contributed by atoms with Gasteiger partial charge in [-0.05, 0) is 68.3 Å². The highest BCUT2D eigenvalue weighted by atomic mass is 35.5. The number of anilines is 1. The molecule has 0 saturated carbocycles. The maximum atomic E-state index is 13.7. The van der Waals surface area contributed by atoms with Gasteiger partial charge >= 0.3 is 6.03 Å². The third kappa shape index (κ3) is 4.54. The van der Waals surface area contributed by atoms with Crippen LogP contribution in [0.15, 0.2) is 71.5 Å². The van der Waals surface area contributed by atoms with Crippen molar-refractivity contribution in [2.75, 3.05) is 12.4 Å². The highest BCUT2D eigenvalue weighted by Crippen LogP contribution is 2.27. The van der Waals surface area contributed by atoms with Crippen molar-refractivity contribution in [3.05, 3.63) is 99.1 Å². The summed E-state index contributed by atoms with van der Waals surface area (Å²) in [7, 11) is 1.72. The highest BCUT2D eigenvalue weighted by molar-refractivity contribution is 6.30. The molecule has 7 heteroatoms. The van der Waals surface area contributed by atoms with E-state index in [-0.39, 0.29) is 11.6 Å². The number of halogens is 1. The maximum Gasteiger partial charge on any atom is 0.322 e. The topological polar surface area (TPSA) is 67.2 Å². The molecule has 0 spiro atoms. The van der Waals surface area contributed by atoms with Crippen LogP contribution in [-0.2, 0) is 0 Å². The number of carbonyl (C=O) groups excluding carboxylic acids is 1. The molecule has 0 radical (unpaired) electrons. The van der Waals surface area contributed by atoms with Crippen molar-refractivity contribution >= 4 is 34.2 Å². The van der Waals surface area contributed by atoms with Crippen molar-refractivity contribution in [2.45, 2.75) is 33.2 Å². The minimum atomic E-state index is -0.440.